The summed E-state index contributed by atoms with van der Waals surface area (Å²) in [6.07, 6.45) is 77.7. The van der Waals surface area contributed by atoms with Crippen molar-refractivity contribution in [2.75, 3.05) is 13.2 Å². The third-order valence-corrected chi connectivity index (χ3v) is 17.5. The van der Waals surface area contributed by atoms with E-state index in [1.54, 1.807) is 6.08 Å². The number of unbranched alkanes of at least 4 members (excludes halogenated alkanes) is 39. The summed E-state index contributed by atoms with van der Waals surface area (Å²) in [7, 11) is 0. The molecule has 0 aromatic heterocycles. The summed E-state index contributed by atoms with van der Waals surface area (Å²) in [6.45, 7) is 5.71. The normalized spacial score (nSPS) is 18.5. The van der Waals surface area contributed by atoms with Gasteiger partial charge in [0.05, 0.1) is 25.4 Å². The number of aliphatic hydroxyl groups excluding tert-OH is 5. The number of ether oxygens (including phenoxy) is 3. The molecule has 1 rings (SSSR count). The smallest absolute Gasteiger partial charge is 0.306 e. The highest BCUT2D eigenvalue weighted by Crippen LogP contribution is 2.26. The summed E-state index contributed by atoms with van der Waals surface area (Å²) in [5.41, 5.74) is 0. The predicted octanol–water partition coefficient (Wildman–Crippen LogP) is 20.0. The van der Waals surface area contributed by atoms with Gasteiger partial charge in [0.2, 0.25) is 5.91 Å². The molecule has 11 heteroatoms. The molecule has 0 aromatic carbocycles. The van der Waals surface area contributed by atoms with E-state index in [2.05, 4.69) is 99.0 Å². The minimum atomic E-state index is -1.62. The number of amides is 1. The van der Waals surface area contributed by atoms with Gasteiger partial charge in [-0.3, -0.25) is 9.59 Å². The molecule has 0 aliphatic carbocycles. The number of hydrogen-bond donors (Lipinski definition) is 6. The van der Waals surface area contributed by atoms with Crippen LogP contribution in [0, 0.1) is 0 Å². The van der Waals surface area contributed by atoms with Crippen molar-refractivity contribution in [3.05, 3.63) is 85.1 Å². The molecule has 90 heavy (non-hydrogen) atoms. The number of esters is 1. The zero-order valence-corrected chi connectivity index (χ0v) is 58.2. The maximum atomic E-state index is 13.5. The molecule has 0 aromatic rings. The van der Waals surface area contributed by atoms with Crippen molar-refractivity contribution in [3.63, 3.8) is 0 Å². The monoisotopic (exact) mass is 1260 g/mol. The summed E-state index contributed by atoms with van der Waals surface area (Å²) in [4.78, 5) is 26.7. The number of carbonyl (C=O) groups excluding carboxylic acids is 2. The number of allylic oxidation sites excluding steroid dienone is 13. The Balaban J connectivity index is 2.54. The summed E-state index contributed by atoms with van der Waals surface area (Å²) in [5.74, 6) is -1.19. The van der Waals surface area contributed by atoms with E-state index in [1.165, 1.54) is 199 Å². The lowest BCUT2D eigenvalue weighted by Crippen LogP contribution is -2.61. The summed E-state index contributed by atoms with van der Waals surface area (Å²) in [5, 5.41) is 57.3. The van der Waals surface area contributed by atoms with Gasteiger partial charge < -0.3 is 45.1 Å². The van der Waals surface area contributed by atoms with E-state index in [-0.39, 0.29) is 19.4 Å². The molecule has 8 atom stereocenters. The number of hydrogen-bond acceptors (Lipinski definition) is 10. The van der Waals surface area contributed by atoms with Gasteiger partial charge >= 0.3 is 5.97 Å². The quantitative estimate of drug-likeness (QED) is 0.0195. The van der Waals surface area contributed by atoms with Crippen molar-refractivity contribution in [1.82, 2.24) is 5.32 Å². The second kappa shape index (κ2) is 65.9. The Bertz CT molecular complexity index is 1790. The van der Waals surface area contributed by atoms with Gasteiger partial charge in [0, 0.05) is 6.42 Å². The number of nitrogens with one attached hydrogen (secondary N) is 1. The highest BCUT2D eigenvalue weighted by molar-refractivity contribution is 5.80. The van der Waals surface area contributed by atoms with Crippen LogP contribution in [0.2, 0.25) is 0 Å². The lowest BCUT2D eigenvalue weighted by atomic mass is 9.99. The van der Waals surface area contributed by atoms with Crippen molar-refractivity contribution in [1.29, 1.82) is 0 Å². The van der Waals surface area contributed by atoms with E-state index in [0.29, 0.717) is 12.8 Å². The SMILES string of the molecule is CC/C=C\C/C=C\C/C=C\C/C=C\C/C=C\CCCCCCCCCCC(O)C(=O)NC(COC1OC(CO)C(O)C(O)C1OC(=O)CCCCCCCCCCCCCCCCC/C=C/CCCCCCCC)C(O)/C=C/CCCCCCCCCCCC. The van der Waals surface area contributed by atoms with Gasteiger partial charge in [-0.15, -0.1) is 0 Å². The first-order valence-electron chi connectivity index (χ1n) is 37.9. The van der Waals surface area contributed by atoms with Crippen molar-refractivity contribution in [3.8, 4) is 0 Å². The van der Waals surface area contributed by atoms with Crippen LogP contribution in [0.15, 0.2) is 85.1 Å². The minimum absolute atomic E-state index is 0.123. The van der Waals surface area contributed by atoms with Crippen LogP contribution in [-0.2, 0) is 23.8 Å². The number of carbonyl (C=O) groups is 2. The zero-order valence-electron chi connectivity index (χ0n) is 58.2. The highest BCUT2D eigenvalue weighted by Gasteiger charge is 2.47. The number of rotatable bonds is 65. The Morgan fingerprint density at radius 3 is 1.21 bits per heavy atom. The molecular formula is C79H141NO10. The van der Waals surface area contributed by atoms with Crippen molar-refractivity contribution < 1.29 is 49.3 Å². The minimum Gasteiger partial charge on any atom is -0.454 e. The van der Waals surface area contributed by atoms with Gasteiger partial charge in [-0.25, -0.2) is 0 Å². The van der Waals surface area contributed by atoms with Crippen LogP contribution in [-0.4, -0.2) is 99.6 Å². The first kappa shape index (κ1) is 84.9. The van der Waals surface area contributed by atoms with Gasteiger partial charge in [0.25, 0.3) is 0 Å². The van der Waals surface area contributed by atoms with E-state index in [4.69, 9.17) is 14.2 Å². The highest BCUT2D eigenvalue weighted by atomic mass is 16.7. The average molecular weight is 1260 g/mol. The van der Waals surface area contributed by atoms with Gasteiger partial charge in [-0.1, -0.05) is 324 Å². The summed E-state index contributed by atoms with van der Waals surface area (Å²) in [6, 6.07) is -1.03. The second-order valence-corrected chi connectivity index (χ2v) is 26.0. The molecule has 0 radical (unpaired) electrons. The topological polar surface area (TPSA) is 175 Å². The lowest BCUT2D eigenvalue weighted by Gasteiger charge is -2.41. The zero-order chi connectivity index (χ0) is 65.3. The molecule has 0 spiro atoms. The van der Waals surface area contributed by atoms with E-state index >= 15 is 0 Å². The average Bonchev–Trinajstić information content (AvgIpc) is 2.18. The maximum absolute atomic E-state index is 13.5. The Labute approximate surface area is 553 Å². The second-order valence-electron chi connectivity index (χ2n) is 26.0. The summed E-state index contributed by atoms with van der Waals surface area (Å²) >= 11 is 0. The molecule has 1 heterocycles. The molecule has 0 bridgehead atoms. The molecular weight excluding hydrogens is 1120 g/mol. The van der Waals surface area contributed by atoms with Gasteiger partial charge in [-0.2, -0.15) is 0 Å². The van der Waals surface area contributed by atoms with Crippen LogP contribution in [0.4, 0.5) is 0 Å². The van der Waals surface area contributed by atoms with Crippen LogP contribution in [0.5, 0.6) is 0 Å². The van der Waals surface area contributed by atoms with E-state index < -0.39 is 67.4 Å². The first-order valence-corrected chi connectivity index (χ1v) is 37.9. The number of aliphatic hydroxyl groups is 5. The molecule has 1 fully saturated rings. The predicted molar refractivity (Wildman–Crippen MR) is 379 cm³/mol. The Kier molecular flexibility index (Phi) is 62.1. The van der Waals surface area contributed by atoms with Gasteiger partial charge in [-0.05, 0) is 96.3 Å². The fraction of sp³-hybridized carbons (Fsp3) is 0.797. The van der Waals surface area contributed by atoms with Crippen LogP contribution in [0.3, 0.4) is 0 Å². The molecule has 1 amide bonds. The molecule has 0 saturated carbocycles. The van der Waals surface area contributed by atoms with E-state index in [1.807, 2.05) is 6.08 Å². The van der Waals surface area contributed by atoms with Crippen molar-refractivity contribution in [2.24, 2.45) is 0 Å². The van der Waals surface area contributed by atoms with E-state index in [0.717, 1.165) is 96.3 Å². The molecule has 522 valence electrons. The molecule has 6 N–H and O–H groups in total. The van der Waals surface area contributed by atoms with Crippen molar-refractivity contribution >= 4 is 11.9 Å². The summed E-state index contributed by atoms with van der Waals surface area (Å²) < 4.78 is 17.7. The van der Waals surface area contributed by atoms with Crippen LogP contribution in [0.1, 0.15) is 342 Å². The van der Waals surface area contributed by atoms with E-state index in [9.17, 15) is 35.1 Å². The molecule has 1 saturated heterocycles. The third kappa shape index (κ3) is 52.2. The molecule has 1 aliphatic heterocycles. The van der Waals surface area contributed by atoms with Crippen LogP contribution >= 0.6 is 0 Å². The Morgan fingerprint density at radius 2 is 0.800 bits per heavy atom. The fourth-order valence-electron chi connectivity index (χ4n) is 11.6. The third-order valence-electron chi connectivity index (χ3n) is 17.5. The largest absolute Gasteiger partial charge is 0.454 e. The van der Waals surface area contributed by atoms with Crippen molar-refractivity contribution in [2.45, 2.75) is 391 Å². The Morgan fingerprint density at radius 1 is 0.444 bits per heavy atom. The maximum Gasteiger partial charge on any atom is 0.306 e. The first-order chi connectivity index (χ1) is 44.2. The standard InChI is InChI=1S/C79H141NO10/c1-4-7-10-13-16-19-22-25-27-29-31-33-35-37-39-41-43-45-47-49-52-55-58-61-64-67-74(84)90-77-76(86)75(85)73(68-81)89-79(77)88-69-70(71(82)65-62-59-56-53-50-24-21-18-15-12-9-6-3)80-78(87)72(83)66-63-60-57-54-51-48-46-44-42-40-38-36-34-32-30-28-26-23-20-17-14-11-8-5-2/h8,11,17,20,25-28,32,34,38,40,62,65,70-73,75-77,79,81-83,85-86H,4-7,9-10,12-16,18-19,21-24,29-31,33,35-37,39,41-61,63-64,66-69H2,1-3H3,(H,80,87)/b11-8-,20-17-,27-25+,28-26-,34-32-,40-38-,65-62+. The van der Waals surface area contributed by atoms with Gasteiger partial charge in [0.1, 0.15) is 24.4 Å². The van der Waals surface area contributed by atoms with Crippen LogP contribution < -0.4 is 5.32 Å². The molecule has 8 unspecified atom stereocenters. The van der Waals surface area contributed by atoms with Gasteiger partial charge in [0.15, 0.2) is 12.4 Å². The Hall–Kier alpha value is -3.16. The molecule has 1 aliphatic rings. The lowest BCUT2D eigenvalue weighted by molar-refractivity contribution is -0.305. The van der Waals surface area contributed by atoms with Crippen LogP contribution in [0.25, 0.3) is 0 Å². The molecule has 11 nitrogen and oxygen atoms in total. The fourth-order valence-corrected chi connectivity index (χ4v) is 11.6.